The second-order valence-corrected chi connectivity index (χ2v) is 33.2. The first-order valence-electron chi connectivity index (χ1n) is 44.6. The maximum Gasteiger partial charge on any atom is 0.164 e. The molecule has 618 valence electrons. The lowest BCUT2D eigenvalue weighted by Gasteiger charge is -2.11. The quantitative estimate of drug-likeness (QED) is 0.121. The molecule has 8 aromatic heterocycles. The Morgan fingerprint density at radius 1 is 0.121 bits per heavy atom. The second-order valence-electron chi connectivity index (χ2n) is 33.2. The SMILES string of the molecule is c1ccc(-c2nc(-c3ccccc3)nc(-c3ccc(-n4c5ccccc5c5c6c7ccccc7n(-c7ccccc7)c6ccc54)cc3)n2)cc1.c1ccc(-c2nc(-c3ccccc3)nc(-c3ccc(-n4c5ccccc5c5cc6c7ccccc7n(-c7ccccc7)c6cc54)cc3)n2)cc1.c1ccc(-n2c3ccccc3c3c2ccc2c4ccccc4n(-c4ccccc4)c23)cc1. The smallest absolute Gasteiger partial charge is 0.164 e. The number of hydrogen-bond acceptors (Lipinski definition) is 6. The first-order chi connectivity index (χ1) is 65.5. The lowest BCUT2D eigenvalue weighted by molar-refractivity contribution is 1.07. The highest BCUT2D eigenvalue weighted by Gasteiger charge is 2.26. The van der Waals surface area contributed by atoms with Crippen molar-refractivity contribution in [3.8, 4) is 102 Å². The number of para-hydroxylation sites is 10. The molecule has 27 rings (SSSR count). The third-order valence-corrected chi connectivity index (χ3v) is 25.6. The molecule has 0 saturated carbocycles. The minimum Gasteiger partial charge on any atom is -0.309 e. The van der Waals surface area contributed by atoms with Gasteiger partial charge < -0.3 is 27.4 Å². The third kappa shape index (κ3) is 13.0. The van der Waals surface area contributed by atoms with Crippen LogP contribution in [0, 0.1) is 0 Å². The predicted octanol–water partition coefficient (Wildman–Crippen LogP) is 30.0. The molecule has 19 aromatic carbocycles. The molecular weight excluding hydrogens is 1610 g/mol. The van der Waals surface area contributed by atoms with E-state index in [2.05, 4.69) is 379 Å². The van der Waals surface area contributed by atoms with Gasteiger partial charge in [0.05, 0.1) is 66.2 Å². The zero-order valence-corrected chi connectivity index (χ0v) is 71.4. The molecule has 0 atom stereocenters. The van der Waals surface area contributed by atoms with Gasteiger partial charge in [0.15, 0.2) is 34.9 Å². The van der Waals surface area contributed by atoms with Crippen molar-refractivity contribution in [2.75, 3.05) is 0 Å². The van der Waals surface area contributed by atoms with E-state index in [0.29, 0.717) is 34.9 Å². The maximum atomic E-state index is 4.95. The van der Waals surface area contributed by atoms with Gasteiger partial charge in [-0.3, -0.25) is 0 Å². The normalized spacial score (nSPS) is 11.6. The Balaban J connectivity index is 0.000000109. The van der Waals surface area contributed by atoms with E-state index in [1.165, 1.54) is 126 Å². The van der Waals surface area contributed by atoms with Crippen molar-refractivity contribution in [1.82, 2.24) is 57.3 Å². The van der Waals surface area contributed by atoms with Gasteiger partial charge in [-0.15, -0.1) is 0 Å². The summed E-state index contributed by atoms with van der Waals surface area (Å²) in [5.41, 5.74) is 26.9. The molecule has 0 N–H and O–H groups in total. The van der Waals surface area contributed by atoms with Gasteiger partial charge in [-0.1, -0.05) is 309 Å². The average molecular weight is 1690 g/mol. The van der Waals surface area contributed by atoms with Crippen molar-refractivity contribution < 1.29 is 0 Å². The van der Waals surface area contributed by atoms with E-state index >= 15 is 0 Å². The predicted molar refractivity (Wildman–Crippen MR) is 545 cm³/mol. The molecule has 0 fully saturated rings. The monoisotopic (exact) mass is 1690 g/mol. The molecule has 0 aliphatic rings. The summed E-state index contributed by atoms with van der Waals surface area (Å²) in [5, 5.41) is 15.1. The first kappa shape index (κ1) is 76.4. The lowest BCUT2D eigenvalue weighted by Crippen LogP contribution is -2.00. The third-order valence-electron chi connectivity index (χ3n) is 25.6. The van der Waals surface area contributed by atoms with Gasteiger partial charge in [0.2, 0.25) is 0 Å². The van der Waals surface area contributed by atoms with Gasteiger partial charge in [0, 0.05) is 132 Å². The van der Waals surface area contributed by atoms with Gasteiger partial charge in [-0.05, 0) is 164 Å². The van der Waals surface area contributed by atoms with Gasteiger partial charge in [-0.2, -0.15) is 0 Å². The number of benzene rings is 19. The molecule has 0 amide bonds. The first-order valence-corrected chi connectivity index (χ1v) is 44.6. The van der Waals surface area contributed by atoms with Crippen molar-refractivity contribution in [1.29, 1.82) is 0 Å². The maximum absolute atomic E-state index is 4.95. The van der Waals surface area contributed by atoms with E-state index in [9.17, 15) is 0 Å². The molecule has 8 heterocycles. The molecule has 132 heavy (non-hydrogen) atoms. The van der Waals surface area contributed by atoms with E-state index in [-0.39, 0.29) is 0 Å². The number of rotatable bonds is 12. The molecule has 0 unspecified atom stereocenters. The van der Waals surface area contributed by atoms with Gasteiger partial charge >= 0.3 is 0 Å². The molecular formula is C120H78N12. The van der Waals surface area contributed by atoms with Crippen LogP contribution < -0.4 is 0 Å². The van der Waals surface area contributed by atoms with E-state index in [4.69, 9.17) is 29.9 Å². The molecule has 12 heteroatoms. The number of aromatic nitrogens is 12. The number of hydrogen-bond donors (Lipinski definition) is 0. The highest BCUT2D eigenvalue weighted by molar-refractivity contribution is 6.30. The van der Waals surface area contributed by atoms with E-state index < -0.39 is 0 Å². The minimum absolute atomic E-state index is 0.639. The molecule has 0 aliphatic carbocycles. The lowest BCUT2D eigenvalue weighted by atomic mass is 10.1. The molecule has 0 spiro atoms. The van der Waals surface area contributed by atoms with Gasteiger partial charge in [0.25, 0.3) is 0 Å². The fourth-order valence-electron chi connectivity index (χ4n) is 19.8. The van der Waals surface area contributed by atoms with Crippen LogP contribution in [0.3, 0.4) is 0 Å². The van der Waals surface area contributed by atoms with Crippen LogP contribution in [0.1, 0.15) is 0 Å². The Hall–Kier alpha value is -18.0. The van der Waals surface area contributed by atoms with Gasteiger partial charge in [-0.25, -0.2) is 29.9 Å². The second kappa shape index (κ2) is 32.1. The van der Waals surface area contributed by atoms with Crippen LogP contribution in [-0.4, -0.2) is 57.3 Å². The van der Waals surface area contributed by atoms with Crippen molar-refractivity contribution in [3.05, 3.63) is 473 Å². The molecule has 12 nitrogen and oxygen atoms in total. The standard InChI is InChI=1S/2C45H29N5.C30H20N2/c1-4-14-30(15-5-1)43-46-44(31-16-6-2-7-17-31)48-45(47-43)32-24-26-34(27-25-32)50-40-23-13-11-21-36(40)38-28-37-35-20-10-12-22-39(35)49(41(37)29-42(38)50)33-18-8-3-9-19-33;1-4-14-30(15-5-1)43-46-44(31-16-6-2-7-17-31)48-45(47-43)32-24-26-34(27-25-32)50-38-23-13-11-21-36(38)42-40(50)29-28-39-41(42)35-20-10-12-22-37(35)49(39)33-18-8-3-9-19-33;1-3-11-21(12-4-1)31-27-18-10-8-16-25(27)29-28(31)20-19-24-23-15-7-9-17-26(23)32(30(24)29)22-13-5-2-6-14-22/h2*1-29H;1-20H. The number of fused-ring (bicyclic) bond motifs is 20. The summed E-state index contributed by atoms with van der Waals surface area (Å²) in [5.74, 6) is 3.89. The Labute approximate surface area is 758 Å². The Kier molecular flexibility index (Phi) is 18.6. The van der Waals surface area contributed by atoms with Crippen LogP contribution in [0.4, 0.5) is 0 Å². The summed E-state index contributed by atoms with van der Waals surface area (Å²) >= 11 is 0. The molecule has 0 saturated heterocycles. The zero-order valence-electron chi connectivity index (χ0n) is 71.4. The summed E-state index contributed by atoms with van der Waals surface area (Å²) in [6.45, 7) is 0. The van der Waals surface area contributed by atoms with Crippen LogP contribution in [-0.2, 0) is 0 Å². The fraction of sp³-hybridized carbons (Fsp3) is 0. The number of nitrogens with zero attached hydrogens (tertiary/aromatic N) is 12. The largest absolute Gasteiger partial charge is 0.309 e. The van der Waals surface area contributed by atoms with Crippen LogP contribution in [0.25, 0.3) is 233 Å². The van der Waals surface area contributed by atoms with Crippen molar-refractivity contribution >= 4 is 131 Å². The molecule has 27 aromatic rings. The topological polar surface area (TPSA) is 107 Å². The molecule has 0 bridgehead atoms. The van der Waals surface area contributed by atoms with Crippen molar-refractivity contribution in [2.24, 2.45) is 0 Å². The Morgan fingerprint density at radius 3 is 0.652 bits per heavy atom. The average Bonchev–Trinajstić information content (AvgIpc) is 2.39. The zero-order chi connectivity index (χ0) is 87.1. The Morgan fingerprint density at radius 2 is 0.333 bits per heavy atom. The van der Waals surface area contributed by atoms with Gasteiger partial charge in [0.1, 0.15) is 0 Å². The molecule has 0 aliphatic heterocycles. The van der Waals surface area contributed by atoms with Crippen LogP contribution in [0.2, 0.25) is 0 Å². The summed E-state index contributed by atoms with van der Waals surface area (Å²) in [6.07, 6.45) is 0. The summed E-state index contributed by atoms with van der Waals surface area (Å²) in [7, 11) is 0. The minimum atomic E-state index is 0.639. The van der Waals surface area contributed by atoms with E-state index in [1.807, 2.05) is 121 Å². The molecule has 0 radical (unpaired) electrons. The van der Waals surface area contributed by atoms with Crippen molar-refractivity contribution in [3.63, 3.8) is 0 Å². The highest BCUT2D eigenvalue weighted by Crippen LogP contribution is 2.47. The Bertz CT molecular complexity index is 8970. The van der Waals surface area contributed by atoms with Crippen LogP contribution >= 0.6 is 0 Å². The van der Waals surface area contributed by atoms with Crippen molar-refractivity contribution in [2.45, 2.75) is 0 Å². The summed E-state index contributed by atoms with van der Waals surface area (Å²) < 4.78 is 14.3. The van der Waals surface area contributed by atoms with E-state index in [1.54, 1.807) is 0 Å². The van der Waals surface area contributed by atoms with E-state index in [0.717, 1.165) is 72.7 Å². The summed E-state index contributed by atoms with van der Waals surface area (Å²) in [6, 6.07) is 166. The van der Waals surface area contributed by atoms with Crippen LogP contribution in [0.15, 0.2) is 473 Å². The van der Waals surface area contributed by atoms with Crippen LogP contribution in [0.5, 0.6) is 0 Å². The fourth-order valence-corrected chi connectivity index (χ4v) is 19.8. The highest BCUT2D eigenvalue weighted by atomic mass is 15.1. The summed E-state index contributed by atoms with van der Waals surface area (Å²) in [4.78, 5) is 29.5.